The first-order valence-corrected chi connectivity index (χ1v) is 5.61. The summed E-state index contributed by atoms with van der Waals surface area (Å²) in [4.78, 5) is 13.5. The van der Waals surface area contributed by atoms with Crippen molar-refractivity contribution in [1.29, 1.82) is 0 Å². The van der Waals surface area contributed by atoms with Gasteiger partial charge in [-0.25, -0.2) is 0 Å². The third kappa shape index (κ3) is 2.09. The average Bonchev–Trinajstić information content (AvgIpc) is 2.51. The number of hydrogen-bond acceptors (Lipinski definition) is 3. The minimum Gasteiger partial charge on any atom is -0.339 e. The van der Waals surface area contributed by atoms with Gasteiger partial charge in [0.1, 0.15) is 0 Å². The van der Waals surface area contributed by atoms with Crippen LogP contribution in [0.1, 0.15) is 23.4 Å². The van der Waals surface area contributed by atoms with E-state index in [1.165, 1.54) is 0 Å². The molecule has 1 aliphatic rings. The summed E-state index contributed by atoms with van der Waals surface area (Å²) in [7, 11) is 0. The van der Waals surface area contributed by atoms with Crippen LogP contribution in [0.3, 0.4) is 0 Å². The summed E-state index contributed by atoms with van der Waals surface area (Å²) in [6.07, 6.45) is 1.31. The summed E-state index contributed by atoms with van der Waals surface area (Å²) in [5.74, 6) is 0.196. The van der Waals surface area contributed by atoms with Crippen molar-refractivity contribution in [3.05, 3.63) is 17.0 Å². The van der Waals surface area contributed by atoms with E-state index in [4.69, 9.17) is 5.73 Å². The molecule has 1 fully saturated rings. The summed E-state index contributed by atoms with van der Waals surface area (Å²) in [5.41, 5.74) is 8.85. The van der Waals surface area contributed by atoms with E-state index in [1.54, 1.807) is 0 Å². The van der Waals surface area contributed by atoms with Crippen molar-refractivity contribution in [2.45, 2.75) is 32.7 Å². The van der Waals surface area contributed by atoms with Crippen molar-refractivity contribution in [2.24, 2.45) is 5.73 Å². The molecule has 5 nitrogen and oxygen atoms in total. The summed E-state index contributed by atoms with van der Waals surface area (Å²) < 4.78 is 0. The number of amides is 1. The van der Waals surface area contributed by atoms with E-state index in [0.717, 1.165) is 23.4 Å². The second-order valence-electron chi connectivity index (χ2n) is 4.47. The molecule has 0 aliphatic carbocycles. The van der Waals surface area contributed by atoms with Crippen LogP contribution in [-0.4, -0.2) is 40.1 Å². The first-order valence-electron chi connectivity index (χ1n) is 5.61. The predicted molar refractivity (Wildman–Crippen MR) is 60.9 cm³/mol. The van der Waals surface area contributed by atoms with Crippen LogP contribution in [0.4, 0.5) is 0 Å². The summed E-state index contributed by atoms with van der Waals surface area (Å²) in [6, 6.07) is 0.182. The average molecular weight is 222 g/mol. The zero-order valence-corrected chi connectivity index (χ0v) is 9.79. The number of rotatable bonds is 3. The largest absolute Gasteiger partial charge is 0.339 e. The van der Waals surface area contributed by atoms with Crippen LogP contribution in [0.25, 0.3) is 0 Å². The Morgan fingerprint density at radius 3 is 2.75 bits per heavy atom. The second-order valence-corrected chi connectivity index (χ2v) is 4.47. The summed E-state index contributed by atoms with van der Waals surface area (Å²) >= 11 is 0. The lowest BCUT2D eigenvalue weighted by Crippen LogP contribution is -2.57. The molecule has 1 aromatic rings. The van der Waals surface area contributed by atoms with Gasteiger partial charge in [0.15, 0.2) is 0 Å². The molecular weight excluding hydrogens is 204 g/mol. The van der Waals surface area contributed by atoms with Gasteiger partial charge in [-0.15, -0.1) is 0 Å². The number of nitrogens with zero attached hydrogens (tertiary/aromatic N) is 2. The highest BCUT2D eigenvalue weighted by Gasteiger charge is 2.27. The summed E-state index contributed by atoms with van der Waals surface area (Å²) in [5, 5.41) is 7.05. The smallest absolute Gasteiger partial charge is 0.223 e. The molecular formula is C11H18N4O. The Morgan fingerprint density at radius 1 is 1.56 bits per heavy atom. The van der Waals surface area contributed by atoms with Crippen molar-refractivity contribution >= 4 is 5.91 Å². The van der Waals surface area contributed by atoms with Gasteiger partial charge in [0.2, 0.25) is 5.91 Å². The lowest BCUT2D eigenvalue weighted by Gasteiger charge is -2.36. The molecule has 0 bridgehead atoms. The number of nitrogens with one attached hydrogen (secondary N) is 1. The fourth-order valence-electron chi connectivity index (χ4n) is 2.05. The summed E-state index contributed by atoms with van der Waals surface area (Å²) in [6.45, 7) is 5.37. The highest BCUT2D eigenvalue weighted by Crippen LogP contribution is 2.14. The molecule has 3 N–H and O–H groups in total. The first kappa shape index (κ1) is 11.1. The van der Waals surface area contributed by atoms with E-state index < -0.39 is 0 Å². The molecule has 0 atom stereocenters. The van der Waals surface area contributed by atoms with Gasteiger partial charge in [-0.2, -0.15) is 5.10 Å². The molecule has 5 heteroatoms. The van der Waals surface area contributed by atoms with Crippen molar-refractivity contribution in [3.8, 4) is 0 Å². The molecule has 1 saturated heterocycles. The molecule has 1 aliphatic heterocycles. The maximum absolute atomic E-state index is 11.7. The van der Waals surface area contributed by atoms with Crippen molar-refractivity contribution in [2.75, 3.05) is 13.1 Å². The molecule has 0 unspecified atom stereocenters. The number of likely N-dealkylation sites (tertiary alicyclic amines) is 1. The maximum atomic E-state index is 11.7. The minimum atomic E-state index is 0.182. The van der Waals surface area contributed by atoms with Crippen LogP contribution in [0.15, 0.2) is 0 Å². The fourth-order valence-corrected chi connectivity index (χ4v) is 2.05. The lowest BCUT2D eigenvalue weighted by molar-refractivity contribution is -0.135. The molecule has 1 amide bonds. The van der Waals surface area contributed by atoms with Gasteiger partial charge >= 0.3 is 0 Å². The number of aromatic nitrogens is 2. The van der Waals surface area contributed by atoms with Crippen molar-refractivity contribution in [3.63, 3.8) is 0 Å². The minimum absolute atomic E-state index is 0.182. The Kier molecular flexibility index (Phi) is 2.96. The monoisotopic (exact) mass is 222 g/mol. The zero-order chi connectivity index (χ0) is 11.7. The van der Waals surface area contributed by atoms with Crippen LogP contribution in [-0.2, 0) is 11.2 Å². The van der Waals surface area contributed by atoms with E-state index in [-0.39, 0.29) is 11.9 Å². The Labute approximate surface area is 95.0 Å². The Morgan fingerprint density at radius 2 is 2.25 bits per heavy atom. The third-order valence-corrected chi connectivity index (χ3v) is 3.13. The number of H-pyrrole nitrogens is 1. The van der Waals surface area contributed by atoms with Gasteiger partial charge in [-0.1, -0.05) is 0 Å². The molecule has 0 saturated carbocycles. The number of aromatic amines is 1. The maximum Gasteiger partial charge on any atom is 0.223 e. The van der Waals surface area contributed by atoms with Gasteiger partial charge in [-0.05, 0) is 25.8 Å². The second kappa shape index (κ2) is 4.25. The van der Waals surface area contributed by atoms with E-state index in [0.29, 0.717) is 19.5 Å². The van der Waals surface area contributed by atoms with Crippen molar-refractivity contribution in [1.82, 2.24) is 15.1 Å². The van der Waals surface area contributed by atoms with Gasteiger partial charge in [0.25, 0.3) is 0 Å². The van der Waals surface area contributed by atoms with Crippen LogP contribution in [0.5, 0.6) is 0 Å². The van der Waals surface area contributed by atoms with Gasteiger partial charge < -0.3 is 10.6 Å². The fraction of sp³-hybridized carbons (Fsp3) is 0.636. The molecule has 2 heterocycles. The van der Waals surface area contributed by atoms with E-state index in [9.17, 15) is 4.79 Å². The van der Waals surface area contributed by atoms with Crippen LogP contribution in [0.2, 0.25) is 0 Å². The standard InChI is InChI=1S/C11H18N4O/c1-7-10(8(2)14-13-7)3-4-11(16)15-5-9(12)6-15/h9H,3-6,12H2,1-2H3,(H,13,14). The van der Waals surface area contributed by atoms with E-state index in [1.807, 2.05) is 18.7 Å². The normalized spacial score (nSPS) is 16.3. The van der Waals surface area contributed by atoms with E-state index in [2.05, 4.69) is 10.2 Å². The Bertz CT molecular complexity index is 373. The molecule has 88 valence electrons. The zero-order valence-electron chi connectivity index (χ0n) is 9.79. The van der Waals surface area contributed by atoms with Crippen LogP contribution >= 0.6 is 0 Å². The highest BCUT2D eigenvalue weighted by molar-refractivity contribution is 5.77. The third-order valence-electron chi connectivity index (χ3n) is 3.13. The van der Waals surface area contributed by atoms with Crippen molar-refractivity contribution < 1.29 is 4.79 Å². The number of hydrogen-bond donors (Lipinski definition) is 2. The molecule has 1 aromatic heterocycles. The number of carbonyl (C=O) groups excluding carboxylic acids is 1. The topological polar surface area (TPSA) is 75.0 Å². The first-order chi connectivity index (χ1) is 7.58. The van der Waals surface area contributed by atoms with E-state index >= 15 is 0 Å². The highest BCUT2D eigenvalue weighted by atomic mass is 16.2. The van der Waals surface area contributed by atoms with Gasteiger partial charge in [0, 0.05) is 31.2 Å². The SMILES string of the molecule is Cc1n[nH]c(C)c1CCC(=O)N1CC(N)C1. The quantitative estimate of drug-likeness (QED) is 0.763. The van der Waals surface area contributed by atoms with Crippen LogP contribution < -0.4 is 5.73 Å². The molecule has 16 heavy (non-hydrogen) atoms. The van der Waals surface area contributed by atoms with Crippen LogP contribution in [0, 0.1) is 13.8 Å². The lowest BCUT2D eigenvalue weighted by atomic mass is 10.1. The molecule has 2 rings (SSSR count). The van der Waals surface area contributed by atoms with Gasteiger partial charge in [0.05, 0.1) is 5.69 Å². The molecule has 0 aromatic carbocycles. The number of aryl methyl sites for hydroxylation is 2. The Hall–Kier alpha value is -1.36. The molecule has 0 radical (unpaired) electrons. The Balaban J connectivity index is 1.86. The predicted octanol–water partition coefficient (Wildman–Crippen LogP) is 0.129. The van der Waals surface area contributed by atoms with Gasteiger partial charge in [-0.3, -0.25) is 9.89 Å². The molecule has 0 spiro atoms. The number of carbonyl (C=O) groups is 1. The number of nitrogens with two attached hydrogens (primary N) is 1.